The molecule has 25 heavy (non-hydrogen) atoms. The maximum absolute atomic E-state index is 12.7. The number of aromatic nitrogens is 3. The van der Waals surface area contributed by atoms with E-state index < -0.39 is 10.0 Å². The zero-order chi connectivity index (χ0) is 18.6. The SMILES string of the molecule is C=C(Br)CSc1nnc(-c2cccc(S(=O)(=O)N(CC)CC)c2)n1N. The summed E-state index contributed by atoms with van der Waals surface area (Å²) in [5.41, 5.74) is 0.591. The Morgan fingerprint density at radius 2 is 2.04 bits per heavy atom. The van der Waals surface area contributed by atoms with Gasteiger partial charge in [-0.3, -0.25) is 0 Å². The van der Waals surface area contributed by atoms with Crippen LogP contribution in [0.4, 0.5) is 0 Å². The van der Waals surface area contributed by atoms with Crippen LogP contribution in [-0.4, -0.2) is 46.4 Å². The van der Waals surface area contributed by atoms with Gasteiger partial charge in [0, 0.05) is 24.4 Å². The minimum atomic E-state index is -3.55. The summed E-state index contributed by atoms with van der Waals surface area (Å²) in [6.45, 7) is 8.20. The Balaban J connectivity index is 2.38. The third-order valence-electron chi connectivity index (χ3n) is 3.46. The van der Waals surface area contributed by atoms with E-state index >= 15 is 0 Å². The van der Waals surface area contributed by atoms with Crippen LogP contribution in [-0.2, 0) is 10.0 Å². The Morgan fingerprint density at radius 3 is 2.64 bits per heavy atom. The van der Waals surface area contributed by atoms with Gasteiger partial charge in [0.2, 0.25) is 15.2 Å². The largest absolute Gasteiger partial charge is 0.335 e. The Labute approximate surface area is 160 Å². The van der Waals surface area contributed by atoms with Crippen LogP contribution in [0.15, 0.2) is 45.4 Å². The number of benzene rings is 1. The predicted octanol–water partition coefficient (Wildman–Crippen LogP) is 2.69. The summed E-state index contributed by atoms with van der Waals surface area (Å²) in [6.07, 6.45) is 0. The van der Waals surface area contributed by atoms with E-state index in [4.69, 9.17) is 5.84 Å². The summed E-state index contributed by atoms with van der Waals surface area (Å²) in [7, 11) is -3.55. The molecule has 0 saturated carbocycles. The van der Waals surface area contributed by atoms with Gasteiger partial charge in [0.05, 0.1) is 4.90 Å². The number of nitrogens with two attached hydrogens (primary N) is 1. The predicted molar refractivity (Wildman–Crippen MR) is 105 cm³/mol. The monoisotopic (exact) mass is 445 g/mol. The lowest BCUT2D eigenvalue weighted by Crippen LogP contribution is -2.30. The van der Waals surface area contributed by atoms with Crippen molar-refractivity contribution in [3.63, 3.8) is 0 Å². The first-order valence-electron chi connectivity index (χ1n) is 7.58. The van der Waals surface area contributed by atoms with Gasteiger partial charge >= 0.3 is 0 Å². The van der Waals surface area contributed by atoms with E-state index in [2.05, 4.69) is 32.7 Å². The molecule has 0 unspecified atom stereocenters. The third kappa shape index (κ3) is 4.43. The molecular formula is C15H20BrN5O2S2. The first kappa shape index (κ1) is 20.0. The summed E-state index contributed by atoms with van der Waals surface area (Å²) in [6, 6.07) is 6.57. The molecule has 1 heterocycles. The topological polar surface area (TPSA) is 94.1 Å². The Bertz CT molecular complexity index is 863. The molecule has 1 aromatic heterocycles. The number of hydrogen-bond acceptors (Lipinski definition) is 6. The van der Waals surface area contributed by atoms with Crippen LogP contribution in [0.25, 0.3) is 11.4 Å². The molecule has 0 aliphatic rings. The lowest BCUT2D eigenvalue weighted by molar-refractivity contribution is 0.445. The van der Waals surface area contributed by atoms with Gasteiger partial charge in [-0.25, -0.2) is 13.1 Å². The molecule has 0 aliphatic heterocycles. The Hall–Kier alpha value is -1.36. The number of halogens is 1. The molecule has 0 bridgehead atoms. The van der Waals surface area contributed by atoms with Crippen molar-refractivity contribution in [2.75, 3.05) is 24.7 Å². The second-order valence-corrected chi connectivity index (χ2v) is 9.10. The molecule has 0 saturated heterocycles. The maximum atomic E-state index is 12.7. The zero-order valence-electron chi connectivity index (χ0n) is 14.0. The minimum Gasteiger partial charge on any atom is -0.335 e. The minimum absolute atomic E-state index is 0.208. The number of sulfonamides is 1. The van der Waals surface area contributed by atoms with Crippen LogP contribution in [0.2, 0.25) is 0 Å². The number of hydrogen-bond donors (Lipinski definition) is 1. The molecule has 1 aromatic carbocycles. The second-order valence-electron chi connectivity index (χ2n) is 5.10. The molecule has 0 radical (unpaired) electrons. The molecule has 10 heteroatoms. The van der Waals surface area contributed by atoms with E-state index in [1.54, 1.807) is 24.3 Å². The number of nitrogen functional groups attached to an aromatic ring is 1. The van der Waals surface area contributed by atoms with Crippen LogP contribution in [0.5, 0.6) is 0 Å². The van der Waals surface area contributed by atoms with E-state index in [0.29, 0.717) is 35.4 Å². The number of nitrogens with zero attached hydrogens (tertiary/aromatic N) is 4. The number of rotatable bonds is 8. The molecule has 0 atom stereocenters. The Morgan fingerprint density at radius 1 is 1.36 bits per heavy atom. The van der Waals surface area contributed by atoms with Gasteiger partial charge in [-0.1, -0.05) is 60.3 Å². The van der Waals surface area contributed by atoms with Crippen LogP contribution in [0.3, 0.4) is 0 Å². The van der Waals surface area contributed by atoms with Crippen molar-refractivity contribution in [2.45, 2.75) is 23.9 Å². The van der Waals surface area contributed by atoms with E-state index in [1.165, 1.54) is 20.7 Å². The fourth-order valence-electron chi connectivity index (χ4n) is 2.22. The molecule has 2 N–H and O–H groups in total. The standard InChI is InChI=1S/C15H20BrN5O2S2/c1-4-20(5-2)25(22,23)13-8-6-7-12(9-13)14-18-19-15(21(14)17)24-10-11(3)16/h6-9H,3-5,10,17H2,1-2H3. The first-order valence-corrected chi connectivity index (χ1v) is 10.8. The Kier molecular flexibility index (Phi) is 6.66. The quantitative estimate of drug-likeness (QED) is 0.495. The van der Waals surface area contributed by atoms with Crippen molar-refractivity contribution in [1.82, 2.24) is 19.2 Å². The highest BCUT2D eigenvalue weighted by Gasteiger charge is 2.22. The second kappa shape index (κ2) is 8.35. The molecule has 2 aromatic rings. The summed E-state index contributed by atoms with van der Waals surface area (Å²) in [5.74, 6) is 7.06. The fourth-order valence-corrected chi connectivity index (χ4v) is 4.68. The van der Waals surface area contributed by atoms with Crippen molar-refractivity contribution >= 4 is 37.7 Å². The lowest BCUT2D eigenvalue weighted by Gasteiger charge is -2.18. The van der Waals surface area contributed by atoms with Gasteiger partial charge in [0.1, 0.15) is 0 Å². The van der Waals surface area contributed by atoms with Crippen molar-refractivity contribution in [2.24, 2.45) is 0 Å². The molecule has 2 rings (SSSR count). The zero-order valence-corrected chi connectivity index (χ0v) is 17.2. The van der Waals surface area contributed by atoms with Crippen LogP contribution in [0, 0.1) is 0 Å². The summed E-state index contributed by atoms with van der Waals surface area (Å²) in [5, 5.41) is 8.66. The lowest BCUT2D eigenvalue weighted by atomic mass is 10.2. The normalized spacial score (nSPS) is 11.8. The van der Waals surface area contributed by atoms with Crippen molar-refractivity contribution < 1.29 is 8.42 Å². The van der Waals surface area contributed by atoms with E-state index in [0.717, 1.165) is 4.48 Å². The third-order valence-corrected chi connectivity index (χ3v) is 7.18. The van der Waals surface area contributed by atoms with Gasteiger partial charge in [0.15, 0.2) is 5.82 Å². The molecule has 0 aliphatic carbocycles. The average molecular weight is 446 g/mol. The van der Waals surface area contributed by atoms with Gasteiger partial charge < -0.3 is 5.84 Å². The van der Waals surface area contributed by atoms with Crippen LogP contribution < -0.4 is 5.84 Å². The van der Waals surface area contributed by atoms with E-state index in [-0.39, 0.29) is 4.90 Å². The highest BCUT2D eigenvalue weighted by Crippen LogP contribution is 2.26. The molecule has 136 valence electrons. The fraction of sp³-hybridized carbons (Fsp3) is 0.333. The summed E-state index contributed by atoms with van der Waals surface area (Å²) >= 11 is 4.67. The average Bonchev–Trinajstić information content (AvgIpc) is 2.94. The number of thioether (sulfide) groups is 1. The summed E-state index contributed by atoms with van der Waals surface area (Å²) < 4.78 is 28.9. The highest BCUT2D eigenvalue weighted by molar-refractivity contribution is 9.11. The van der Waals surface area contributed by atoms with E-state index in [1.807, 2.05) is 13.8 Å². The van der Waals surface area contributed by atoms with Gasteiger partial charge in [-0.2, -0.15) is 4.31 Å². The molecule has 0 amide bonds. The van der Waals surface area contributed by atoms with Gasteiger partial charge in [-0.15, -0.1) is 10.2 Å². The first-order chi connectivity index (χ1) is 11.8. The molecule has 7 nitrogen and oxygen atoms in total. The van der Waals surface area contributed by atoms with Crippen molar-refractivity contribution in [3.05, 3.63) is 35.3 Å². The van der Waals surface area contributed by atoms with Gasteiger partial charge in [0.25, 0.3) is 0 Å². The highest BCUT2D eigenvalue weighted by atomic mass is 79.9. The van der Waals surface area contributed by atoms with Crippen molar-refractivity contribution in [1.29, 1.82) is 0 Å². The molecule has 0 spiro atoms. The molecular weight excluding hydrogens is 426 g/mol. The molecule has 0 fully saturated rings. The maximum Gasteiger partial charge on any atom is 0.243 e. The van der Waals surface area contributed by atoms with Gasteiger partial charge in [-0.05, 0) is 16.6 Å². The van der Waals surface area contributed by atoms with Crippen molar-refractivity contribution in [3.8, 4) is 11.4 Å². The van der Waals surface area contributed by atoms with E-state index in [9.17, 15) is 8.42 Å². The van der Waals surface area contributed by atoms with Crippen LogP contribution >= 0.6 is 27.7 Å². The van der Waals surface area contributed by atoms with Crippen LogP contribution in [0.1, 0.15) is 13.8 Å². The smallest absolute Gasteiger partial charge is 0.243 e. The summed E-state index contributed by atoms with van der Waals surface area (Å²) in [4.78, 5) is 0.208.